The van der Waals surface area contributed by atoms with E-state index in [1.54, 1.807) is 36.9 Å². The third-order valence-electron chi connectivity index (χ3n) is 5.63. The fraction of sp³-hybridized carbons (Fsp3) is 0.261. The zero-order valence-electron chi connectivity index (χ0n) is 17.8. The molecule has 1 aromatic carbocycles. The molecule has 1 N–H and O–H groups in total. The maximum absolute atomic E-state index is 13.1. The monoisotopic (exact) mass is 437 g/mol. The molecule has 0 saturated carbocycles. The van der Waals surface area contributed by atoms with E-state index in [4.69, 9.17) is 4.42 Å². The first kappa shape index (κ1) is 21.0. The molecular weight excluding hydrogens is 414 g/mol. The Hall–Kier alpha value is -3.26. The number of ketones is 1. The Kier molecular flexibility index (Phi) is 5.26. The number of hydrogen-bond donors (Lipinski definition) is 1. The first-order valence-electron chi connectivity index (χ1n) is 9.81. The number of urea groups is 1. The molecule has 7 nitrogen and oxygen atoms in total. The number of benzene rings is 1. The van der Waals surface area contributed by atoms with Crippen LogP contribution in [0.25, 0.3) is 5.69 Å². The van der Waals surface area contributed by atoms with Crippen molar-refractivity contribution in [2.24, 2.45) is 0 Å². The summed E-state index contributed by atoms with van der Waals surface area (Å²) in [6.45, 7) is 5.03. The summed E-state index contributed by atoms with van der Waals surface area (Å²) in [7, 11) is 0. The van der Waals surface area contributed by atoms with Crippen LogP contribution in [0.1, 0.15) is 34.4 Å². The number of aryl methyl sites for hydroxylation is 1. The lowest BCUT2D eigenvalue weighted by Crippen LogP contribution is -2.41. The van der Waals surface area contributed by atoms with Gasteiger partial charge in [-0.05, 0) is 63.4 Å². The van der Waals surface area contributed by atoms with Gasteiger partial charge in [0.25, 0.3) is 5.91 Å². The summed E-state index contributed by atoms with van der Waals surface area (Å²) >= 11 is 1.65. The number of carbonyl (C=O) groups excluding carboxylic acids is 3. The average molecular weight is 438 g/mol. The molecule has 0 spiro atoms. The van der Waals surface area contributed by atoms with Crippen LogP contribution in [0, 0.1) is 13.8 Å². The minimum absolute atomic E-state index is 0.299. The molecule has 2 aromatic heterocycles. The Morgan fingerprint density at radius 1 is 1.16 bits per heavy atom. The maximum atomic E-state index is 13.1. The number of nitrogens with one attached hydrogen (secondary N) is 1. The summed E-state index contributed by atoms with van der Waals surface area (Å²) in [6, 6.07) is 12.5. The van der Waals surface area contributed by atoms with Crippen LogP contribution >= 0.6 is 11.8 Å². The summed E-state index contributed by atoms with van der Waals surface area (Å²) in [4.78, 5) is 40.7. The van der Waals surface area contributed by atoms with E-state index in [-0.39, 0.29) is 12.3 Å². The molecule has 1 aliphatic heterocycles. The van der Waals surface area contributed by atoms with E-state index in [0.717, 1.165) is 26.9 Å². The standard InChI is InChI=1S/C23H23N3O4S/c1-14-11-18(15(2)26(14)16-7-5-8-17(12-16)31-4)19(27)13-25-21(28)23(3,24-22(25)29)20-9-6-10-30-20/h5-12H,13H2,1-4H3,(H,24,29). The van der Waals surface area contributed by atoms with E-state index in [9.17, 15) is 14.4 Å². The van der Waals surface area contributed by atoms with Gasteiger partial charge in [0.15, 0.2) is 11.3 Å². The lowest BCUT2D eigenvalue weighted by atomic mass is 9.99. The number of rotatable bonds is 6. The second-order valence-corrected chi connectivity index (χ2v) is 8.55. The number of furan rings is 1. The largest absolute Gasteiger partial charge is 0.466 e. The first-order valence-corrected chi connectivity index (χ1v) is 11.0. The molecule has 1 fully saturated rings. The highest BCUT2D eigenvalue weighted by Gasteiger charge is 2.51. The number of aromatic nitrogens is 1. The van der Waals surface area contributed by atoms with Crippen LogP contribution in [0.3, 0.4) is 0 Å². The van der Waals surface area contributed by atoms with E-state index in [0.29, 0.717) is 11.3 Å². The predicted octanol–water partition coefficient (Wildman–Crippen LogP) is 4.06. The molecule has 1 unspecified atom stereocenters. The quantitative estimate of drug-likeness (QED) is 0.357. The molecule has 160 valence electrons. The van der Waals surface area contributed by atoms with E-state index < -0.39 is 17.5 Å². The van der Waals surface area contributed by atoms with Gasteiger partial charge in [0.2, 0.25) is 0 Å². The second kappa shape index (κ2) is 7.77. The molecule has 1 atom stereocenters. The van der Waals surface area contributed by atoms with Crippen molar-refractivity contribution in [3.05, 3.63) is 71.4 Å². The summed E-state index contributed by atoms with van der Waals surface area (Å²) in [5.74, 6) is -0.484. The lowest BCUT2D eigenvalue weighted by Gasteiger charge is -2.18. The number of amides is 3. The Morgan fingerprint density at radius 2 is 1.94 bits per heavy atom. The number of imide groups is 1. The van der Waals surface area contributed by atoms with Crippen LogP contribution in [0.15, 0.2) is 58.0 Å². The van der Waals surface area contributed by atoms with Crippen LogP contribution < -0.4 is 5.32 Å². The molecule has 3 heterocycles. The molecule has 1 saturated heterocycles. The topological polar surface area (TPSA) is 84.6 Å². The Bertz CT molecular complexity index is 1180. The molecule has 0 radical (unpaired) electrons. The summed E-state index contributed by atoms with van der Waals surface area (Å²) in [5, 5.41) is 2.64. The third-order valence-corrected chi connectivity index (χ3v) is 6.36. The predicted molar refractivity (Wildman–Crippen MR) is 118 cm³/mol. The van der Waals surface area contributed by atoms with Crippen molar-refractivity contribution in [2.45, 2.75) is 31.2 Å². The smallest absolute Gasteiger partial charge is 0.325 e. The SMILES string of the molecule is CSc1cccc(-n2c(C)cc(C(=O)CN3C(=O)NC(C)(c4ccco4)C3=O)c2C)c1. The van der Waals surface area contributed by atoms with Gasteiger partial charge < -0.3 is 14.3 Å². The fourth-order valence-corrected chi connectivity index (χ4v) is 4.44. The number of hydrogen-bond acceptors (Lipinski definition) is 5. The van der Waals surface area contributed by atoms with Gasteiger partial charge in [-0.15, -0.1) is 11.8 Å². The summed E-state index contributed by atoms with van der Waals surface area (Å²) < 4.78 is 7.34. The highest BCUT2D eigenvalue weighted by molar-refractivity contribution is 7.98. The number of Topliss-reactive ketones (excluding diaryl/α,β-unsaturated/α-hetero) is 1. The second-order valence-electron chi connectivity index (χ2n) is 7.67. The van der Waals surface area contributed by atoms with E-state index >= 15 is 0 Å². The van der Waals surface area contributed by atoms with Gasteiger partial charge >= 0.3 is 6.03 Å². The van der Waals surface area contributed by atoms with E-state index in [2.05, 4.69) is 11.4 Å². The van der Waals surface area contributed by atoms with Gasteiger partial charge in [0, 0.05) is 27.5 Å². The van der Waals surface area contributed by atoms with Crippen LogP contribution in [-0.4, -0.2) is 40.0 Å². The van der Waals surface area contributed by atoms with Crippen molar-refractivity contribution in [1.82, 2.24) is 14.8 Å². The summed E-state index contributed by atoms with van der Waals surface area (Å²) in [6.07, 6.45) is 3.45. The van der Waals surface area contributed by atoms with E-state index in [1.165, 1.54) is 6.26 Å². The van der Waals surface area contributed by atoms with Crippen LogP contribution in [-0.2, 0) is 10.3 Å². The Balaban J connectivity index is 1.61. The molecule has 0 aliphatic carbocycles. The van der Waals surface area contributed by atoms with Gasteiger partial charge in [-0.2, -0.15) is 0 Å². The van der Waals surface area contributed by atoms with Crippen LogP contribution in [0.5, 0.6) is 0 Å². The normalized spacial score (nSPS) is 18.5. The molecule has 4 rings (SSSR count). The highest BCUT2D eigenvalue weighted by Crippen LogP contribution is 2.30. The minimum atomic E-state index is -1.32. The van der Waals surface area contributed by atoms with Crippen molar-refractivity contribution in [2.75, 3.05) is 12.8 Å². The van der Waals surface area contributed by atoms with Crippen molar-refractivity contribution >= 4 is 29.5 Å². The van der Waals surface area contributed by atoms with Crippen molar-refractivity contribution in [3.63, 3.8) is 0 Å². The molecule has 0 bridgehead atoms. The zero-order chi connectivity index (χ0) is 22.3. The highest BCUT2D eigenvalue weighted by atomic mass is 32.2. The molecule has 31 heavy (non-hydrogen) atoms. The van der Waals surface area contributed by atoms with Crippen molar-refractivity contribution < 1.29 is 18.8 Å². The van der Waals surface area contributed by atoms with E-state index in [1.807, 2.05) is 42.9 Å². The van der Waals surface area contributed by atoms with Gasteiger partial charge in [-0.1, -0.05) is 6.07 Å². The molecule has 1 aliphatic rings. The summed E-state index contributed by atoms with van der Waals surface area (Å²) in [5.41, 5.74) is 1.79. The zero-order valence-corrected chi connectivity index (χ0v) is 18.6. The van der Waals surface area contributed by atoms with Gasteiger partial charge in [-0.25, -0.2) is 4.79 Å². The van der Waals surface area contributed by atoms with Gasteiger partial charge in [-0.3, -0.25) is 14.5 Å². The molecule has 8 heteroatoms. The molecular formula is C23H23N3O4S. The number of thioether (sulfide) groups is 1. The third kappa shape index (κ3) is 3.46. The number of carbonyl (C=O) groups is 3. The van der Waals surface area contributed by atoms with Crippen LogP contribution in [0.2, 0.25) is 0 Å². The minimum Gasteiger partial charge on any atom is -0.466 e. The fourth-order valence-electron chi connectivity index (χ4n) is 3.99. The Labute approximate surface area is 184 Å². The Morgan fingerprint density at radius 3 is 2.61 bits per heavy atom. The van der Waals surface area contributed by atoms with Gasteiger partial charge in [0.1, 0.15) is 5.76 Å². The van der Waals surface area contributed by atoms with Crippen molar-refractivity contribution in [1.29, 1.82) is 0 Å². The van der Waals surface area contributed by atoms with Crippen molar-refractivity contribution in [3.8, 4) is 5.69 Å². The molecule has 3 aromatic rings. The number of nitrogens with zero attached hydrogens (tertiary/aromatic N) is 2. The van der Waals surface area contributed by atoms with Crippen LogP contribution in [0.4, 0.5) is 4.79 Å². The maximum Gasteiger partial charge on any atom is 0.325 e. The van der Waals surface area contributed by atoms with Gasteiger partial charge in [0.05, 0.1) is 12.8 Å². The lowest BCUT2D eigenvalue weighted by molar-refractivity contribution is -0.131. The average Bonchev–Trinajstić information content (AvgIpc) is 3.44. The molecule has 3 amide bonds. The first-order chi connectivity index (χ1) is 14.8.